The Morgan fingerprint density at radius 2 is 1.88 bits per heavy atom. The van der Waals surface area contributed by atoms with E-state index in [1.807, 2.05) is 0 Å². The molecular weight excluding hydrogens is 334 g/mol. The lowest BCUT2D eigenvalue weighted by atomic mass is 10.2. The first-order valence-corrected chi connectivity index (χ1v) is 7.70. The number of nitro groups is 1. The molecule has 0 aliphatic heterocycles. The highest BCUT2D eigenvalue weighted by atomic mass is 32.2. The number of carboxylic acid groups (broad SMARTS) is 1. The van der Waals surface area contributed by atoms with Crippen molar-refractivity contribution < 1.29 is 24.4 Å². The summed E-state index contributed by atoms with van der Waals surface area (Å²) in [6.45, 7) is 1.80. The molecule has 2 aromatic carbocycles. The first-order chi connectivity index (χ1) is 11.4. The van der Waals surface area contributed by atoms with Crippen LogP contribution in [0, 0.1) is 10.1 Å². The fourth-order valence-electron chi connectivity index (χ4n) is 1.88. The van der Waals surface area contributed by atoms with Crippen LogP contribution in [0.5, 0.6) is 0 Å². The zero-order valence-electron chi connectivity index (χ0n) is 12.6. The van der Waals surface area contributed by atoms with E-state index in [-0.39, 0.29) is 23.4 Å². The standard InChI is InChI=1S/C16H13NO6S/c1-2-23-16(20)13-9-11(17(21)22)5-8-14(13)24-12-6-3-10(4-7-12)15(18)19/h3-9H,2H2,1H3,(H,18,19). The largest absolute Gasteiger partial charge is 0.478 e. The van der Waals surface area contributed by atoms with Gasteiger partial charge >= 0.3 is 11.9 Å². The maximum absolute atomic E-state index is 12.0. The molecule has 0 amide bonds. The zero-order chi connectivity index (χ0) is 17.7. The molecule has 0 saturated carbocycles. The van der Waals surface area contributed by atoms with Crippen LogP contribution in [0.15, 0.2) is 52.3 Å². The maximum Gasteiger partial charge on any atom is 0.339 e. The van der Waals surface area contributed by atoms with Crippen LogP contribution in [0.4, 0.5) is 5.69 Å². The summed E-state index contributed by atoms with van der Waals surface area (Å²) in [5.41, 5.74) is 0.0376. The Labute approximate surface area is 141 Å². The second kappa shape index (κ2) is 7.60. The average Bonchev–Trinajstić information content (AvgIpc) is 2.55. The minimum absolute atomic E-state index is 0.0957. The SMILES string of the molecule is CCOC(=O)c1cc([N+](=O)[O-])ccc1Sc1ccc(C(=O)O)cc1. The van der Waals surface area contributed by atoms with Gasteiger partial charge in [-0.2, -0.15) is 0 Å². The van der Waals surface area contributed by atoms with Crippen molar-refractivity contribution in [2.24, 2.45) is 0 Å². The van der Waals surface area contributed by atoms with E-state index >= 15 is 0 Å². The van der Waals surface area contributed by atoms with Crippen LogP contribution >= 0.6 is 11.8 Å². The van der Waals surface area contributed by atoms with E-state index in [2.05, 4.69) is 0 Å². The average molecular weight is 347 g/mol. The summed E-state index contributed by atoms with van der Waals surface area (Å²) in [6.07, 6.45) is 0. The van der Waals surface area contributed by atoms with Gasteiger partial charge in [0.2, 0.25) is 0 Å². The third-order valence-corrected chi connectivity index (χ3v) is 4.08. The number of carboxylic acids is 1. The maximum atomic E-state index is 12.0. The second-order valence-corrected chi connectivity index (χ2v) is 5.70. The van der Waals surface area contributed by atoms with Crippen LogP contribution in [-0.4, -0.2) is 28.6 Å². The molecule has 7 nitrogen and oxygen atoms in total. The van der Waals surface area contributed by atoms with Crippen molar-refractivity contribution in [3.05, 3.63) is 63.7 Å². The number of non-ortho nitro benzene ring substituents is 1. The summed E-state index contributed by atoms with van der Waals surface area (Å²) < 4.78 is 4.94. The van der Waals surface area contributed by atoms with Gasteiger partial charge in [0.1, 0.15) is 0 Å². The van der Waals surface area contributed by atoms with E-state index < -0.39 is 16.9 Å². The van der Waals surface area contributed by atoms with Crippen LogP contribution in [0.25, 0.3) is 0 Å². The summed E-state index contributed by atoms with van der Waals surface area (Å²) in [7, 11) is 0. The van der Waals surface area contributed by atoms with Gasteiger partial charge in [0, 0.05) is 21.9 Å². The van der Waals surface area contributed by atoms with E-state index in [1.165, 1.54) is 42.1 Å². The Kier molecular flexibility index (Phi) is 5.54. The molecule has 8 heteroatoms. The number of rotatable bonds is 6. The van der Waals surface area contributed by atoms with Crippen molar-refractivity contribution in [1.29, 1.82) is 0 Å². The predicted octanol–water partition coefficient (Wildman–Crippen LogP) is 3.62. The Bertz CT molecular complexity index is 788. The van der Waals surface area contributed by atoms with Gasteiger partial charge in [0.05, 0.1) is 22.7 Å². The number of ether oxygens (including phenoxy) is 1. The third-order valence-electron chi connectivity index (χ3n) is 3.00. The predicted molar refractivity (Wildman–Crippen MR) is 86.6 cm³/mol. The lowest BCUT2D eigenvalue weighted by Crippen LogP contribution is -2.07. The topological polar surface area (TPSA) is 107 Å². The Hall–Kier alpha value is -2.87. The number of esters is 1. The van der Waals surface area contributed by atoms with Crippen molar-refractivity contribution in [1.82, 2.24) is 0 Å². The molecule has 0 aromatic heterocycles. The van der Waals surface area contributed by atoms with Gasteiger partial charge in [-0.25, -0.2) is 9.59 Å². The molecule has 0 atom stereocenters. The van der Waals surface area contributed by atoms with E-state index in [9.17, 15) is 19.7 Å². The Morgan fingerprint density at radius 1 is 1.21 bits per heavy atom. The molecule has 124 valence electrons. The van der Waals surface area contributed by atoms with Crippen molar-refractivity contribution in [3.8, 4) is 0 Å². The summed E-state index contributed by atoms with van der Waals surface area (Å²) in [5, 5.41) is 19.8. The molecule has 0 radical (unpaired) electrons. The number of benzene rings is 2. The van der Waals surface area contributed by atoms with Crippen molar-refractivity contribution in [2.75, 3.05) is 6.61 Å². The normalized spacial score (nSPS) is 10.2. The number of nitrogens with zero attached hydrogens (tertiary/aromatic N) is 1. The number of carbonyl (C=O) groups is 2. The van der Waals surface area contributed by atoms with Gasteiger partial charge in [0.15, 0.2) is 0 Å². The molecule has 0 aliphatic rings. The summed E-state index contributed by atoms with van der Waals surface area (Å²) >= 11 is 1.19. The summed E-state index contributed by atoms with van der Waals surface area (Å²) in [6, 6.07) is 10.0. The van der Waals surface area contributed by atoms with Crippen LogP contribution in [-0.2, 0) is 4.74 Å². The highest BCUT2D eigenvalue weighted by Gasteiger charge is 2.18. The molecule has 0 bridgehead atoms. The van der Waals surface area contributed by atoms with Crippen molar-refractivity contribution in [3.63, 3.8) is 0 Å². The molecule has 2 aromatic rings. The molecule has 0 unspecified atom stereocenters. The molecule has 2 rings (SSSR count). The fourth-order valence-corrected chi connectivity index (χ4v) is 2.80. The van der Waals surface area contributed by atoms with E-state index in [4.69, 9.17) is 9.84 Å². The molecular formula is C16H13NO6S. The third kappa shape index (κ3) is 4.11. The number of hydrogen-bond acceptors (Lipinski definition) is 6. The number of aromatic carboxylic acids is 1. The van der Waals surface area contributed by atoms with Crippen LogP contribution in [0.3, 0.4) is 0 Å². The van der Waals surface area contributed by atoms with Gasteiger partial charge in [-0.05, 0) is 37.3 Å². The van der Waals surface area contributed by atoms with Crippen molar-refractivity contribution in [2.45, 2.75) is 16.7 Å². The lowest BCUT2D eigenvalue weighted by Gasteiger charge is -2.09. The van der Waals surface area contributed by atoms with Gasteiger partial charge in [0.25, 0.3) is 5.69 Å². The summed E-state index contributed by atoms with van der Waals surface area (Å²) in [5.74, 6) is -1.68. The molecule has 1 N–H and O–H groups in total. The molecule has 0 spiro atoms. The molecule has 0 aliphatic carbocycles. The first-order valence-electron chi connectivity index (χ1n) is 6.89. The molecule has 0 heterocycles. The highest BCUT2D eigenvalue weighted by Crippen LogP contribution is 2.33. The van der Waals surface area contributed by atoms with Crippen LogP contribution in [0.1, 0.15) is 27.6 Å². The Morgan fingerprint density at radius 3 is 2.42 bits per heavy atom. The van der Waals surface area contributed by atoms with Gasteiger partial charge in [-0.15, -0.1) is 0 Å². The second-order valence-electron chi connectivity index (χ2n) is 4.59. The Balaban J connectivity index is 2.35. The molecule has 0 saturated heterocycles. The van der Waals surface area contributed by atoms with Crippen LogP contribution < -0.4 is 0 Å². The van der Waals surface area contributed by atoms with Gasteiger partial charge in [-0.3, -0.25) is 10.1 Å². The molecule has 0 fully saturated rings. The lowest BCUT2D eigenvalue weighted by molar-refractivity contribution is -0.384. The number of nitro benzene ring substituents is 1. The summed E-state index contributed by atoms with van der Waals surface area (Å²) in [4.78, 5) is 34.4. The van der Waals surface area contributed by atoms with E-state index in [0.29, 0.717) is 9.79 Å². The fraction of sp³-hybridized carbons (Fsp3) is 0.125. The number of hydrogen-bond donors (Lipinski definition) is 1. The quantitative estimate of drug-likeness (QED) is 0.483. The minimum atomic E-state index is -1.03. The van der Waals surface area contributed by atoms with Crippen molar-refractivity contribution >= 4 is 29.4 Å². The van der Waals surface area contributed by atoms with E-state index in [1.54, 1.807) is 19.1 Å². The minimum Gasteiger partial charge on any atom is -0.478 e. The smallest absolute Gasteiger partial charge is 0.339 e. The van der Waals surface area contributed by atoms with Crippen LogP contribution in [0.2, 0.25) is 0 Å². The van der Waals surface area contributed by atoms with Gasteiger partial charge < -0.3 is 9.84 Å². The highest BCUT2D eigenvalue weighted by molar-refractivity contribution is 7.99. The monoisotopic (exact) mass is 347 g/mol. The molecule has 24 heavy (non-hydrogen) atoms. The van der Waals surface area contributed by atoms with E-state index in [0.717, 1.165) is 0 Å². The zero-order valence-corrected chi connectivity index (χ0v) is 13.4. The first kappa shape index (κ1) is 17.5. The number of carbonyl (C=O) groups excluding carboxylic acids is 1. The van der Waals surface area contributed by atoms with Gasteiger partial charge in [-0.1, -0.05) is 11.8 Å².